The van der Waals surface area contributed by atoms with Crippen LogP contribution in [0.2, 0.25) is 0 Å². The number of carbonyl (C=O) groups is 1. The second-order valence-electron chi connectivity index (χ2n) is 8.30. The van der Waals surface area contributed by atoms with Crippen LogP contribution in [0.4, 0.5) is 15.8 Å². The highest BCUT2D eigenvalue weighted by atomic mass is 19.1. The van der Waals surface area contributed by atoms with Crippen molar-refractivity contribution >= 4 is 17.3 Å². The summed E-state index contributed by atoms with van der Waals surface area (Å²) in [5, 5.41) is 2.96. The number of amides is 1. The molecule has 6 nitrogen and oxygen atoms in total. The van der Waals surface area contributed by atoms with Crippen LogP contribution in [0.1, 0.15) is 17.5 Å². The Hall–Kier alpha value is -3.74. The molecule has 3 aromatic carbocycles. The molecule has 0 saturated heterocycles. The second-order valence-corrected chi connectivity index (χ2v) is 8.30. The number of anilines is 2. The Morgan fingerprint density at radius 3 is 2.58 bits per heavy atom. The lowest BCUT2D eigenvalue weighted by molar-refractivity contribution is -0.116. The highest BCUT2D eigenvalue weighted by molar-refractivity contribution is 5.92. The van der Waals surface area contributed by atoms with Gasteiger partial charge in [-0.05, 0) is 54.4 Å². The Bertz CT molecular complexity index is 1170. The minimum atomic E-state index is -0.271. The standard InChI is InChI=1S/C26H25FN2O4/c1-17-2-8-22-24(12-17)33-16-21(29(22)15-18-3-5-19(27)6-4-18)14-26(30)28-20-7-9-23-25(13-20)32-11-10-31-23/h2-9,12-13,21H,10-11,14-16H2,1H3,(H,28,30)/t21-/m0/s1. The molecule has 1 amide bonds. The van der Waals surface area contributed by atoms with E-state index in [4.69, 9.17) is 14.2 Å². The van der Waals surface area contributed by atoms with Crippen molar-refractivity contribution in [3.63, 3.8) is 0 Å². The van der Waals surface area contributed by atoms with Crippen molar-refractivity contribution < 1.29 is 23.4 Å². The monoisotopic (exact) mass is 448 g/mol. The zero-order valence-electron chi connectivity index (χ0n) is 18.3. The molecule has 0 bridgehead atoms. The van der Waals surface area contributed by atoms with Crippen molar-refractivity contribution in [3.8, 4) is 17.2 Å². The van der Waals surface area contributed by atoms with Gasteiger partial charge in [0.25, 0.3) is 0 Å². The van der Waals surface area contributed by atoms with E-state index in [1.807, 2.05) is 25.1 Å². The molecule has 0 aliphatic carbocycles. The third-order valence-electron chi connectivity index (χ3n) is 5.81. The number of nitrogens with zero attached hydrogens (tertiary/aromatic N) is 1. The van der Waals surface area contributed by atoms with Gasteiger partial charge in [0.2, 0.25) is 5.91 Å². The van der Waals surface area contributed by atoms with E-state index in [1.165, 1.54) is 12.1 Å². The Labute approximate surface area is 191 Å². The Morgan fingerprint density at radius 1 is 0.970 bits per heavy atom. The predicted octanol–water partition coefficient (Wildman–Crippen LogP) is 4.70. The fraction of sp³-hybridized carbons (Fsp3) is 0.269. The smallest absolute Gasteiger partial charge is 0.226 e. The molecule has 33 heavy (non-hydrogen) atoms. The summed E-state index contributed by atoms with van der Waals surface area (Å²) in [6, 6.07) is 17.7. The predicted molar refractivity (Wildman–Crippen MR) is 124 cm³/mol. The molecule has 1 atom stereocenters. The number of fused-ring (bicyclic) bond motifs is 2. The quantitative estimate of drug-likeness (QED) is 0.613. The van der Waals surface area contributed by atoms with Gasteiger partial charge in [-0.25, -0.2) is 4.39 Å². The van der Waals surface area contributed by atoms with Gasteiger partial charge in [0.1, 0.15) is 31.4 Å². The van der Waals surface area contributed by atoms with Crippen LogP contribution in [0.25, 0.3) is 0 Å². The molecule has 0 saturated carbocycles. The van der Waals surface area contributed by atoms with E-state index < -0.39 is 0 Å². The summed E-state index contributed by atoms with van der Waals surface area (Å²) < 4.78 is 30.6. The SMILES string of the molecule is Cc1ccc2c(c1)OC[C@H](CC(=O)Nc1ccc3c(c1)OCCO3)N2Cc1ccc(F)cc1. The number of hydrogen-bond acceptors (Lipinski definition) is 5. The van der Waals surface area contributed by atoms with Crippen LogP contribution in [0.5, 0.6) is 17.2 Å². The number of rotatable bonds is 5. The first-order valence-corrected chi connectivity index (χ1v) is 11.0. The molecule has 170 valence electrons. The molecule has 0 fully saturated rings. The highest BCUT2D eigenvalue weighted by Crippen LogP contribution is 2.37. The maximum Gasteiger partial charge on any atom is 0.226 e. The van der Waals surface area contributed by atoms with E-state index in [0.717, 1.165) is 22.6 Å². The summed E-state index contributed by atoms with van der Waals surface area (Å²) in [6.45, 7) is 3.95. The van der Waals surface area contributed by atoms with Crippen LogP contribution in [0, 0.1) is 12.7 Å². The van der Waals surface area contributed by atoms with Crippen molar-refractivity contribution in [2.24, 2.45) is 0 Å². The normalized spacial score (nSPS) is 16.5. The molecular weight excluding hydrogens is 423 g/mol. The third kappa shape index (κ3) is 4.72. The lowest BCUT2D eigenvalue weighted by Crippen LogP contribution is -2.44. The first kappa shape index (κ1) is 21.1. The van der Waals surface area contributed by atoms with Crippen LogP contribution in [0.15, 0.2) is 60.7 Å². The van der Waals surface area contributed by atoms with Gasteiger partial charge in [-0.15, -0.1) is 0 Å². The molecule has 0 unspecified atom stereocenters. The maximum atomic E-state index is 13.4. The average Bonchev–Trinajstić information content (AvgIpc) is 2.81. The molecule has 3 aromatic rings. The summed E-state index contributed by atoms with van der Waals surface area (Å²) in [5.74, 6) is 1.70. The number of benzene rings is 3. The molecule has 1 N–H and O–H groups in total. The largest absolute Gasteiger partial charge is 0.489 e. The Morgan fingerprint density at radius 2 is 1.76 bits per heavy atom. The molecule has 0 radical (unpaired) electrons. The van der Waals surface area contributed by atoms with Gasteiger partial charge in [-0.3, -0.25) is 4.79 Å². The van der Waals surface area contributed by atoms with Gasteiger partial charge in [0.15, 0.2) is 11.5 Å². The Balaban J connectivity index is 1.34. The summed E-state index contributed by atoms with van der Waals surface area (Å²) in [7, 11) is 0. The first-order chi connectivity index (χ1) is 16.0. The highest BCUT2D eigenvalue weighted by Gasteiger charge is 2.30. The van der Waals surface area contributed by atoms with Gasteiger partial charge < -0.3 is 24.4 Å². The van der Waals surface area contributed by atoms with E-state index in [1.54, 1.807) is 30.3 Å². The van der Waals surface area contributed by atoms with Crippen LogP contribution >= 0.6 is 0 Å². The minimum absolute atomic E-state index is 0.125. The topological polar surface area (TPSA) is 60.0 Å². The summed E-state index contributed by atoms with van der Waals surface area (Å²) in [4.78, 5) is 15.1. The van der Waals surface area contributed by atoms with E-state index in [0.29, 0.717) is 43.6 Å². The fourth-order valence-corrected chi connectivity index (χ4v) is 4.16. The fourth-order valence-electron chi connectivity index (χ4n) is 4.16. The average molecular weight is 448 g/mol. The first-order valence-electron chi connectivity index (χ1n) is 11.0. The zero-order valence-corrected chi connectivity index (χ0v) is 18.3. The number of ether oxygens (including phenoxy) is 3. The minimum Gasteiger partial charge on any atom is -0.489 e. The summed E-state index contributed by atoms with van der Waals surface area (Å²) in [5.41, 5.74) is 3.64. The molecule has 2 aliphatic rings. The van der Waals surface area contributed by atoms with Gasteiger partial charge in [0.05, 0.1) is 18.2 Å². The van der Waals surface area contributed by atoms with Crippen LogP contribution in [0.3, 0.4) is 0 Å². The van der Waals surface area contributed by atoms with Gasteiger partial charge in [-0.2, -0.15) is 0 Å². The lowest BCUT2D eigenvalue weighted by Gasteiger charge is -2.38. The van der Waals surface area contributed by atoms with Crippen LogP contribution < -0.4 is 24.4 Å². The van der Waals surface area contributed by atoms with Crippen molar-refractivity contribution in [1.29, 1.82) is 0 Å². The van der Waals surface area contributed by atoms with E-state index in [-0.39, 0.29) is 24.2 Å². The number of hydrogen-bond donors (Lipinski definition) is 1. The third-order valence-corrected chi connectivity index (χ3v) is 5.81. The number of nitrogens with one attached hydrogen (secondary N) is 1. The van der Waals surface area contributed by atoms with E-state index in [9.17, 15) is 9.18 Å². The second kappa shape index (κ2) is 9.02. The molecule has 5 rings (SSSR count). The number of carbonyl (C=O) groups excluding carboxylic acids is 1. The molecule has 2 heterocycles. The zero-order chi connectivity index (χ0) is 22.8. The lowest BCUT2D eigenvalue weighted by atomic mass is 10.0. The van der Waals surface area contributed by atoms with Gasteiger partial charge >= 0.3 is 0 Å². The van der Waals surface area contributed by atoms with Gasteiger partial charge in [-0.1, -0.05) is 18.2 Å². The maximum absolute atomic E-state index is 13.4. The summed E-state index contributed by atoms with van der Waals surface area (Å²) >= 11 is 0. The summed E-state index contributed by atoms with van der Waals surface area (Å²) in [6.07, 6.45) is 0.239. The van der Waals surface area contributed by atoms with E-state index >= 15 is 0 Å². The molecule has 0 spiro atoms. The number of aryl methyl sites for hydroxylation is 1. The van der Waals surface area contributed by atoms with Crippen molar-refractivity contribution in [2.75, 3.05) is 30.0 Å². The van der Waals surface area contributed by atoms with E-state index in [2.05, 4.69) is 10.2 Å². The molecule has 2 aliphatic heterocycles. The van der Waals surface area contributed by atoms with Crippen LogP contribution in [-0.4, -0.2) is 31.8 Å². The number of halogens is 1. The van der Waals surface area contributed by atoms with Crippen LogP contribution in [-0.2, 0) is 11.3 Å². The Kier molecular flexibility index (Phi) is 5.77. The molecule has 0 aromatic heterocycles. The van der Waals surface area contributed by atoms with Gasteiger partial charge in [0, 0.05) is 18.3 Å². The van der Waals surface area contributed by atoms with Crippen molar-refractivity contribution in [1.82, 2.24) is 0 Å². The van der Waals surface area contributed by atoms with Crippen molar-refractivity contribution in [2.45, 2.75) is 25.9 Å². The van der Waals surface area contributed by atoms with Crippen molar-refractivity contribution in [3.05, 3.63) is 77.6 Å². The molecular formula is C26H25FN2O4. The molecule has 7 heteroatoms.